The molecule has 0 radical (unpaired) electrons. The van der Waals surface area contributed by atoms with Gasteiger partial charge in [0.15, 0.2) is 5.16 Å². The second-order valence-electron chi connectivity index (χ2n) is 7.00. The molecule has 0 aliphatic heterocycles. The van der Waals surface area contributed by atoms with Gasteiger partial charge in [0.2, 0.25) is 5.91 Å². The van der Waals surface area contributed by atoms with Crippen molar-refractivity contribution in [3.8, 4) is 5.75 Å². The van der Waals surface area contributed by atoms with Gasteiger partial charge in [0, 0.05) is 18.0 Å². The maximum Gasteiger partial charge on any atom is 0.340 e. The molecule has 0 bridgehead atoms. The molecule has 2 heterocycles. The van der Waals surface area contributed by atoms with E-state index in [0.29, 0.717) is 40.3 Å². The molecule has 2 aromatic heterocycles. The molecule has 0 atom stereocenters. The van der Waals surface area contributed by atoms with Crippen molar-refractivity contribution in [1.29, 1.82) is 0 Å². The number of carbonyl (C=O) groups is 2. The van der Waals surface area contributed by atoms with Crippen LogP contribution in [0.2, 0.25) is 5.02 Å². The van der Waals surface area contributed by atoms with Crippen LogP contribution < -0.4 is 10.1 Å². The zero-order valence-corrected chi connectivity index (χ0v) is 21.0. The summed E-state index contributed by atoms with van der Waals surface area (Å²) in [5, 5.41) is 14.9. The van der Waals surface area contributed by atoms with Gasteiger partial charge < -0.3 is 19.4 Å². The van der Waals surface area contributed by atoms with Crippen molar-refractivity contribution in [2.45, 2.75) is 38.4 Å². The van der Waals surface area contributed by atoms with E-state index in [4.69, 9.17) is 21.1 Å². The van der Waals surface area contributed by atoms with Gasteiger partial charge in [0.05, 0.1) is 25.0 Å². The van der Waals surface area contributed by atoms with Crippen LogP contribution in [0.25, 0.3) is 0 Å². The summed E-state index contributed by atoms with van der Waals surface area (Å²) >= 11 is 8.56. The highest BCUT2D eigenvalue weighted by Gasteiger charge is 2.17. The summed E-state index contributed by atoms with van der Waals surface area (Å²) in [6, 6.07) is 7.18. The van der Waals surface area contributed by atoms with Crippen LogP contribution >= 0.6 is 34.7 Å². The molecule has 0 spiro atoms. The van der Waals surface area contributed by atoms with Crippen LogP contribution in [0, 0.1) is 6.92 Å². The number of aromatic nitrogens is 3. The van der Waals surface area contributed by atoms with E-state index in [9.17, 15) is 9.59 Å². The summed E-state index contributed by atoms with van der Waals surface area (Å²) in [7, 11) is 1.31. The molecule has 0 saturated heterocycles. The quantitative estimate of drug-likeness (QED) is 0.225. The third-order valence-electron chi connectivity index (χ3n) is 4.70. The molecule has 3 aromatic rings. The number of ether oxygens (including phenoxy) is 2. The summed E-state index contributed by atoms with van der Waals surface area (Å²) in [6.45, 7) is 5.22. The lowest BCUT2D eigenvalue weighted by atomic mass is 10.2. The van der Waals surface area contributed by atoms with Gasteiger partial charge in [-0.2, -0.15) is 0 Å². The summed E-state index contributed by atoms with van der Waals surface area (Å²) in [5.74, 6) is 1.11. The molecular weight excluding hydrogens is 484 g/mol. The van der Waals surface area contributed by atoms with Crippen LogP contribution in [0.1, 0.15) is 35.1 Å². The number of esters is 1. The summed E-state index contributed by atoms with van der Waals surface area (Å²) in [4.78, 5) is 24.1. The van der Waals surface area contributed by atoms with Gasteiger partial charge in [0.1, 0.15) is 16.6 Å². The summed E-state index contributed by atoms with van der Waals surface area (Å²) in [5.41, 5.74) is 1.34. The molecule has 1 amide bonds. The lowest BCUT2D eigenvalue weighted by molar-refractivity contribution is -0.113. The topological polar surface area (TPSA) is 95.3 Å². The molecule has 0 unspecified atom stereocenters. The van der Waals surface area contributed by atoms with Crippen LogP contribution in [0.4, 0.5) is 5.00 Å². The number of carbonyl (C=O) groups excluding carboxylic acids is 2. The number of hydrogen-bond donors (Lipinski definition) is 1. The monoisotopic (exact) mass is 508 g/mol. The second kappa shape index (κ2) is 12.1. The minimum Gasteiger partial charge on any atom is -0.493 e. The molecule has 8 nitrogen and oxygen atoms in total. The molecule has 176 valence electrons. The van der Waals surface area contributed by atoms with Gasteiger partial charge in [-0.15, -0.1) is 21.5 Å². The molecule has 1 aromatic carbocycles. The number of methoxy groups -OCH3 is 1. The second-order valence-corrected chi connectivity index (χ2v) is 9.29. The number of nitrogens with zero attached hydrogens (tertiary/aromatic N) is 3. The van der Waals surface area contributed by atoms with E-state index in [1.54, 1.807) is 11.4 Å². The average molecular weight is 509 g/mol. The van der Waals surface area contributed by atoms with E-state index >= 15 is 0 Å². The smallest absolute Gasteiger partial charge is 0.340 e. The van der Waals surface area contributed by atoms with Crippen molar-refractivity contribution in [2.75, 3.05) is 24.8 Å². The number of nitrogens with one attached hydrogen (secondary N) is 1. The predicted octanol–water partition coefficient (Wildman–Crippen LogP) is 4.85. The standard InChI is InChI=1S/C22H25ClN4O4S2/c1-4-27-18(6-5-10-31-17-8-7-15(23)12-14(17)2)25-26-22(27)33-13-19(28)24-20-16(9-11-32-20)21(29)30-3/h7-9,11-12H,4-6,10,13H2,1-3H3,(H,24,28). The highest BCUT2D eigenvalue weighted by molar-refractivity contribution is 7.99. The summed E-state index contributed by atoms with van der Waals surface area (Å²) < 4.78 is 12.6. The number of halogens is 1. The van der Waals surface area contributed by atoms with Crippen molar-refractivity contribution in [3.63, 3.8) is 0 Å². The van der Waals surface area contributed by atoms with Crippen molar-refractivity contribution in [2.24, 2.45) is 0 Å². The minimum absolute atomic E-state index is 0.148. The Bertz CT molecular complexity index is 1120. The van der Waals surface area contributed by atoms with Gasteiger partial charge in [0.25, 0.3) is 0 Å². The average Bonchev–Trinajstić information content (AvgIpc) is 3.42. The highest BCUT2D eigenvalue weighted by atomic mass is 35.5. The fourth-order valence-corrected chi connectivity index (χ4v) is 4.92. The predicted molar refractivity (Wildman–Crippen MR) is 131 cm³/mol. The molecule has 33 heavy (non-hydrogen) atoms. The van der Waals surface area contributed by atoms with Crippen LogP contribution in [0.5, 0.6) is 5.75 Å². The fraction of sp³-hybridized carbons (Fsp3) is 0.364. The fourth-order valence-electron chi connectivity index (χ4n) is 3.09. The molecule has 11 heteroatoms. The lowest BCUT2D eigenvalue weighted by Crippen LogP contribution is -2.16. The Morgan fingerprint density at radius 2 is 2.09 bits per heavy atom. The van der Waals surface area contributed by atoms with Gasteiger partial charge in [-0.3, -0.25) is 4.79 Å². The van der Waals surface area contributed by atoms with E-state index in [-0.39, 0.29) is 11.7 Å². The first-order chi connectivity index (χ1) is 15.9. The highest BCUT2D eigenvalue weighted by Crippen LogP contribution is 2.25. The molecular formula is C22H25ClN4O4S2. The largest absolute Gasteiger partial charge is 0.493 e. The van der Waals surface area contributed by atoms with E-state index < -0.39 is 5.97 Å². The number of hydrogen-bond acceptors (Lipinski definition) is 8. The van der Waals surface area contributed by atoms with E-state index in [1.165, 1.54) is 30.2 Å². The number of aryl methyl sites for hydroxylation is 2. The normalized spacial score (nSPS) is 10.8. The van der Waals surface area contributed by atoms with Crippen molar-refractivity contribution in [1.82, 2.24) is 14.8 Å². The molecule has 0 saturated carbocycles. The number of thioether (sulfide) groups is 1. The number of rotatable bonds is 11. The first-order valence-electron chi connectivity index (χ1n) is 10.3. The van der Waals surface area contributed by atoms with Crippen molar-refractivity contribution >= 4 is 51.6 Å². The molecule has 0 fully saturated rings. The number of amides is 1. The van der Waals surface area contributed by atoms with Gasteiger partial charge in [-0.25, -0.2) is 4.79 Å². The Kier molecular flexibility index (Phi) is 9.16. The SMILES string of the molecule is CCn1c(CCCOc2ccc(Cl)cc2C)nnc1SCC(=O)Nc1sccc1C(=O)OC. The number of thiophene rings is 1. The summed E-state index contributed by atoms with van der Waals surface area (Å²) in [6.07, 6.45) is 1.48. The lowest BCUT2D eigenvalue weighted by Gasteiger charge is -2.10. The molecule has 1 N–H and O–H groups in total. The maximum atomic E-state index is 12.4. The van der Waals surface area contributed by atoms with Crippen LogP contribution in [0.15, 0.2) is 34.8 Å². The Balaban J connectivity index is 1.50. The van der Waals surface area contributed by atoms with Crippen LogP contribution in [-0.2, 0) is 22.5 Å². The Labute approximate surface area is 205 Å². The van der Waals surface area contributed by atoms with Gasteiger partial charge >= 0.3 is 5.97 Å². The van der Waals surface area contributed by atoms with Crippen LogP contribution in [-0.4, -0.2) is 46.1 Å². The zero-order valence-electron chi connectivity index (χ0n) is 18.6. The Hall–Kier alpha value is -2.56. The van der Waals surface area contributed by atoms with Crippen molar-refractivity contribution < 1.29 is 19.1 Å². The van der Waals surface area contributed by atoms with E-state index in [2.05, 4.69) is 15.5 Å². The van der Waals surface area contributed by atoms with E-state index in [1.807, 2.05) is 36.6 Å². The number of anilines is 1. The van der Waals surface area contributed by atoms with E-state index in [0.717, 1.165) is 23.6 Å². The Morgan fingerprint density at radius 1 is 1.27 bits per heavy atom. The minimum atomic E-state index is -0.482. The van der Waals surface area contributed by atoms with Gasteiger partial charge in [-0.1, -0.05) is 23.4 Å². The molecule has 0 aliphatic rings. The maximum absolute atomic E-state index is 12.4. The number of benzene rings is 1. The first-order valence-corrected chi connectivity index (χ1v) is 12.6. The first kappa shape index (κ1) is 25.1. The van der Waals surface area contributed by atoms with Crippen LogP contribution in [0.3, 0.4) is 0 Å². The third-order valence-corrected chi connectivity index (χ3v) is 6.74. The Morgan fingerprint density at radius 3 is 2.82 bits per heavy atom. The zero-order chi connectivity index (χ0) is 23.8. The molecule has 0 aliphatic carbocycles. The van der Waals surface area contributed by atoms with Crippen molar-refractivity contribution in [3.05, 3.63) is 51.6 Å². The van der Waals surface area contributed by atoms with Gasteiger partial charge in [-0.05, 0) is 55.5 Å². The molecule has 3 rings (SSSR count). The third kappa shape index (κ3) is 6.72.